The number of hydrogen-bond donors (Lipinski definition) is 0. The van der Waals surface area contributed by atoms with Crippen molar-refractivity contribution in [3.8, 4) is 0 Å². The van der Waals surface area contributed by atoms with E-state index in [-0.39, 0.29) is 5.78 Å². The zero-order valence-electron chi connectivity index (χ0n) is 10.8. The summed E-state index contributed by atoms with van der Waals surface area (Å²) in [5.41, 5.74) is 3.19. The van der Waals surface area contributed by atoms with Gasteiger partial charge in [-0.15, -0.1) is 0 Å². The van der Waals surface area contributed by atoms with Crippen LogP contribution in [0.4, 0.5) is 0 Å². The third-order valence-electron chi connectivity index (χ3n) is 2.59. The summed E-state index contributed by atoms with van der Waals surface area (Å²) in [6.07, 6.45) is 7.56. The number of Topliss-reactive ketones (excluding diaryl/α,β-unsaturated/α-hetero) is 1. The van der Waals surface area contributed by atoms with Gasteiger partial charge < -0.3 is 4.90 Å². The van der Waals surface area contributed by atoms with Crippen molar-refractivity contribution in [2.75, 3.05) is 7.05 Å². The monoisotopic (exact) mass is 230 g/mol. The molecule has 0 fully saturated rings. The molecule has 0 N–H and O–H groups in total. The molecule has 1 aliphatic rings. The number of aliphatic imine (C=N–C) groups is 1. The Hall–Kier alpha value is -1.90. The fraction of sp³-hybridized carbons (Fsp3) is 0.286. The molecule has 0 bridgehead atoms. The molecular formula is C14H18N2O. The third-order valence-corrected chi connectivity index (χ3v) is 2.59. The van der Waals surface area contributed by atoms with E-state index in [9.17, 15) is 4.79 Å². The van der Waals surface area contributed by atoms with Gasteiger partial charge in [0.25, 0.3) is 0 Å². The first-order chi connectivity index (χ1) is 7.95. The standard InChI is InChI=1S/C14H18N2O/c1-6-14(12(4)17)15-11(3)13-7-8-16(5)10(2)9-13/h6-9H,2H2,1,3-5H3/b14-6-,15-11+. The van der Waals surface area contributed by atoms with Gasteiger partial charge >= 0.3 is 0 Å². The van der Waals surface area contributed by atoms with E-state index < -0.39 is 0 Å². The number of carbonyl (C=O) groups excluding carboxylic acids is 1. The number of rotatable bonds is 3. The predicted molar refractivity (Wildman–Crippen MR) is 71.7 cm³/mol. The molecule has 0 saturated heterocycles. The van der Waals surface area contributed by atoms with E-state index in [1.807, 2.05) is 44.1 Å². The van der Waals surface area contributed by atoms with E-state index in [1.54, 1.807) is 6.08 Å². The molecule has 0 atom stereocenters. The van der Waals surface area contributed by atoms with Gasteiger partial charge in [-0.1, -0.05) is 12.7 Å². The molecule has 0 saturated carbocycles. The molecule has 0 aromatic rings. The quantitative estimate of drug-likeness (QED) is 0.551. The van der Waals surface area contributed by atoms with E-state index >= 15 is 0 Å². The zero-order chi connectivity index (χ0) is 13.0. The lowest BCUT2D eigenvalue weighted by Gasteiger charge is -2.19. The minimum absolute atomic E-state index is 0.0248. The minimum Gasteiger partial charge on any atom is -0.351 e. The van der Waals surface area contributed by atoms with Crippen LogP contribution in [0, 0.1) is 0 Å². The van der Waals surface area contributed by atoms with Crippen molar-refractivity contribution in [3.05, 3.63) is 48.0 Å². The summed E-state index contributed by atoms with van der Waals surface area (Å²) >= 11 is 0. The van der Waals surface area contributed by atoms with Gasteiger partial charge in [0.2, 0.25) is 0 Å². The van der Waals surface area contributed by atoms with E-state index in [1.165, 1.54) is 6.92 Å². The molecule has 0 aliphatic carbocycles. The van der Waals surface area contributed by atoms with Gasteiger partial charge in [0.05, 0.1) is 0 Å². The first-order valence-corrected chi connectivity index (χ1v) is 5.50. The largest absolute Gasteiger partial charge is 0.351 e. The summed E-state index contributed by atoms with van der Waals surface area (Å²) in [4.78, 5) is 17.5. The molecule has 17 heavy (non-hydrogen) atoms. The third kappa shape index (κ3) is 3.28. The number of hydrogen-bond acceptors (Lipinski definition) is 3. The molecule has 0 radical (unpaired) electrons. The van der Waals surface area contributed by atoms with E-state index in [0.717, 1.165) is 17.0 Å². The molecule has 3 nitrogen and oxygen atoms in total. The Morgan fingerprint density at radius 2 is 2.12 bits per heavy atom. The maximum atomic E-state index is 11.3. The van der Waals surface area contributed by atoms with Gasteiger partial charge in [0.15, 0.2) is 5.78 Å². The summed E-state index contributed by atoms with van der Waals surface area (Å²) in [6.45, 7) is 9.14. The number of nitrogens with zero attached hydrogens (tertiary/aromatic N) is 2. The second kappa shape index (κ2) is 5.43. The van der Waals surface area contributed by atoms with E-state index in [0.29, 0.717) is 5.70 Å². The van der Waals surface area contributed by atoms with Crippen LogP contribution in [0.25, 0.3) is 0 Å². The summed E-state index contributed by atoms with van der Waals surface area (Å²) in [7, 11) is 1.94. The topological polar surface area (TPSA) is 32.7 Å². The Balaban J connectivity index is 2.99. The van der Waals surface area contributed by atoms with Crippen LogP contribution in [0.1, 0.15) is 20.8 Å². The molecule has 0 unspecified atom stereocenters. The highest BCUT2D eigenvalue weighted by atomic mass is 16.1. The van der Waals surface area contributed by atoms with E-state index in [4.69, 9.17) is 0 Å². The molecule has 1 aliphatic heterocycles. The van der Waals surface area contributed by atoms with Crippen LogP contribution in [0.3, 0.4) is 0 Å². The Kier molecular flexibility index (Phi) is 4.21. The summed E-state index contributed by atoms with van der Waals surface area (Å²) < 4.78 is 0. The van der Waals surface area contributed by atoms with Gasteiger partial charge in [-0.25, -0.2) is 4.99 Å². The summed E-state index contributed by atoms with van der Waals surface area (Å²) in [5, 5.41) is 0. The first kappa shape index (κ1) is 13.2. The maximum absolute atomic E-state index is 11.3. The van der Waals surface area contributed by atoms with Gasteiger partial charge in [-0.3, -0.25) is 4.79 Å². The van der Waals surface area contributed by atoms with Crippen LogP contribution < -0.4 is 0 Å². The fourth-order valence-corrected chi connectivity index (χ4v) is 1.43. The fourth-order valence-electron chi connectivity index (χ4n) is 1.43. The van der Waals surface area contributed by atoms with E-state index in [2.05, 4.69) is 11.6 Å². The van der Waals surface area contributed by atoms with Crippen molar-refractivity contribution in [2.24, 2.45) is 4.99 Å². The predicted octanol–water partition coefficient (Wildman–Crippen LogP) is 2.84. The minimum atomic E-state index is -0.0248. The number of likely N-dealkylation sites (N-methyl/N-ethyl adjacent to an activating group) is 1. The summed E-state index contributed by atoms with van der Waals surface area (Å²) in [5.74, 6) is -0.0248. The zero-order valence-corrected chi connectivity index (χ0v) is 10.8. The molecule has 1 heterocycles. The molecule has 0 amide bonds. The van der Waals surface area contributed by atoms with Crippen molar-refractivity contribution in [2.45, 2.75) is 20.8 Å². The molecule has 0 spiro atoms. The molecule has 90 valence electrons. The Labute approximate surface area is 103 Å². The molecule has 1 rings (SSSR count). The van der Waals surface area contributed by atoms with Crippen LogP contribution in [0.15, 0.2) is 53.0 Å². The second-order valence-electron chi connectivity index (χ2n) is 3.94. The van der Waals surface area contributed by atoms with Crippen LogP contribution in [0.2, 0.25) is 0 Å². The normalized spacial score (nSPS) is 17.3. The Bertz CT molecular complexity index is 465. The van der Waals surface area contributed by atoms with Crippen LogP contribution in [-0.2, 0) is 4.79 Å². The molecule has 3 heteroatoms. The van der Waals surface area contributed by atoms with Gasteiger partial charge in [-0.05, 0) is 31.6 Å². The second-order valence-corrected chi connectivity index (χ2v) is 3.94. The van der Waals surface area contributed by atoms with Gasteiger partial charge in [0.1, 0.15) is 5.70 Å². The van der Waals surface area contributed by atoms with Crippen LogP contribution in [-0.4, -0.2) is 23.4 Å². The average Bonchev–Trinajstić information content (AvgIpc) is 2.28. The Morgan fingerprint density at radius 3 is 2.59 bits per heavy atom. The molecule has 0 aromatic heterocycles. The smallest absolute Gasteiger partial charge is 0.177 e. The van der Waals surface area contributed by atoms with Crippen LogP contribution >= 0.6 is 0 Å². The van der Waals surface area contributed by atoms with Crippen molar-refractivity contribution < 1.29 is 4.79 Å². The number of ketones is 1. The average molecular weight is 230 g/mol. The maximum Gasteiger partial charge on any atom is 0.177 e. The lowest BCUT2D eigenvalue weighted by molar-refractivity contribution is -0.113. The van der Waals surface area contributed by atoms with Crippen molar-refractivity contribution in [1.82, 2.24) is 4.90 Å². The van der Waals surface area contributed by atoms with Crippen molar-refractivity contribution in [3.63, 3.8) is 0 Å². The highest BCUT2D eigenvalue weighted by Crippen LogP contribution is 2.16. The number of carbonyl (C=O) groups is 1. The van der Waals surface area contributed by atoms with Gasteiger partial charge in [-0.2, -0.15) is 0 Å². The number of allylic oxidation sites excluding steroid dienone is 5. The summed E-state index contributed by atoms with van der Waals surface area (Å²) in [6, 6.07) is 0. The van der Waals surface area contributed by atoms with Crippen LogP contribution in [0.5, 0.6) is 0 Å². The lowest BCUT2D eigenvalue weighted by atomic mass is 10.1. The molecular weight excluding hydrogens is 212 g/mol. The highest BCUT2D eigenvalue weighted by molar-refractivity contribution is 6.05. The lowest BCUT2D eigenvalue weighted by Crippen LogP contribution is -2.13. The highest BCUT2D eigenvalue weighted by Gasteiger charge is 2.08. The van der Waals surface area contributed by atoms with Gasteiger partial charge in [0, 0.05) is 31.6 Å². The van der Waals surface area contributed by atoms with Crippen molar-refractivity contribution >= 4 is 11.5 Å². The molecule has 0 aromatic carbocycles. The SMILES string of the molecule is C=C1C=C(/C(C)=N/C(=C\C)C(C)=O)C=CN1C. The first-order valence-electron chi connectivity index (χ1n) is 5.50. The Morgan fingerprint density at radius 1 is 1.47 bits per heavy atom. The van der Waals surface area contributed by atoms with Crippen molar-refractivity contribution in [1.29, 1.82) is 0 Å².